The highest BCUT2D eigenvalue weighted by Gasteiger charge is 2.30. The number of benzene rings is 3. The Labute approximate surface area is 323 Å². The standard InChI is InChI=1S/C42H41Cl2N7O3/c1-26(27-9-11-30(43)12-10-27)51-25-46-37(28-6-3-2-4-7-28)39(51)36-33-14-13-31(44)24-35(33)48-38(36)42(53)49-34-8-5-19-45-40(34)50-20-15-32(16-21-50)47-41(52)29-17-22-54-23-18-29/h2-14,19,24-26,29,32,48H,15-18,20-23H2,1H3,(H,47,52)(H,49,53). The zero-order valence-corrected chi connectivity index (χ0v) is 31.4. The molecule has 12 heteroatoms. The van der Waals surface area contributed by atoms with Gasteiger partial charge in [-0.2, -0.15) is 0 Å². The predicted molar refractivity (Wildman–Crippen MR) is 214 cm³/mol. The molecule has 2 aliphatic rings. The summed E-state index contributed by atoms with van der Waals surface area (Å²) in [5, 5.41) is 8.52. The van der Waals surface area contributed by atoms with E-state index in [1.807, 2.05) is 91.3 Å². The summed E-state index contributed by atoms with van der Waals surface area (Å²) in [5.74, 6) is 0.503. The van der Waals surface area contributed by atoms with Gasteiger partial charge < -0.3 is 29.8 Å². The molecule has 0 saturated carbocycles. The summed E-state index contributed by atoms with van der Waals surface area (Å²) >= 11 is 12.8. The molecule has 276 valence electrons. The van der Waals surface area contributed by atoms with Crippen LogP contribution in [0.5, 0.6) is 0 Å². The second-order valence-corrected chi connectivity index (χ2v) is 14.9. The quantitative estimate of drug-likeness (QED) is 0.136. The van der Waals surface area contributed by atoms with Crippen LogP contribution >= 0.6 is 23.2 Å². The van der Waals surface area contributed by atoms with Gasteiger partial charge in [-0.05, 0) is 74.6 Å². The first-order valence-electron chi connectivity index (χ1n) is 18.4. The Morgan fingerprint density at radius 2 is 1.63 bits per heavy atom. The molecule has 1 unspecified atom stereocenters. The number of aromatic amines is 1. The molecule has 10 nitrogen and oxygen atoms in total. The van der Waals surface area contributed by atoms with Crippen LogP contribution in [-0.2, 0) is 9.53 Å². The number of H-pyrrole nitrogens is 1. The van der Waals surface area contributed by atoms with E-state index in [0.717, 1.165) is 59.1 Å². The Bertz CT molecular complexity index is 2270. The van der Waals surface area contributed by atoms with E-state index in [2.05, 4.69) is 32.0 Å². The van der Waals surface area contributed by atoms with Gasteiger partial charge >= 0.3 is 0 Å². The van der Waals surface area contributed by atoms with Gasteiger partial charge in [-0.1, -0.05) is 71.7 Å². The molecule has 2 fully saturated rings. The van der Waals surface area contributed by atoms with Crippen molar-refractivity contribution < 1.29 is 14.3 Å². The maximum Gasteiger partial charge on any atom is 0.272 e. The topological polar surface area (TPSA) is 117 Å². The molecule has 1 atom stereocenters. The summed E-state index contributed by atoms with van der Waals surface area (Å²) in [7, 11) is 0. The minimum Gasteiger partial charge on any atom is -0.381 e. The van der Waals surface area contributed by atoms with Crippen molar-refractivity contribution >= 4 is 57.4 Å². The van der Waals surface area contributed by atoms with E-state index < -0.39 is 0 Å². The molecular weight excluding hydrogens is 721 g/mol. The number of halogens is 2. The number of nitrogens with one attached hydrogen (secondary N) is 3. The second kappa shape index (κ2) is 15.7. The average Bonchev–Trinajstić information content (AvgIpc) is 3.81. The van der Waals surface area contributed by atoms with Gasteiger partial charge in [-0.25, -0.2) is 9.97 Å². The van der Waals surface area contributed by atoms with Gasteiger partial charge in [0.05, 0.1) is 29.4 Å². The van der Waals surface area contributed by atoms with Gasteiger partial charge in [0, 0.05) is 76.5 Å². The summed E-state index contributed by atoms with van der Waals surface area (Å²) in [4.78, 5) is 42.8. The van der Waals surface area contributed by atoms with Gasteiger partial charge in [0.2, 0.25) is 5.91 Å². The van der Waals surface area contributed by atoms with Crippen LogP contribution in [0.4, 0.5) is 11.5 Å². The van der Waals surface area contributed by atoms with E-state index in [1.54, 1.807) is 6.20 Å². The normalized spacial score (nSPS) is 16.0. The number of fused-ring (bicyclic) bond motifs is 1. The lowest BCUT2D eigenvalue weighted by atomic mass is 9.97. The smallest absolute Gasteiger partial charge is 0.272 e. The van der Waals surface area contributed by atoms with Crippen LogP contribution in [0.25, 0.3) is 33.4 Å². The number of piperidine rings is 1. The molecule has 0 spiro atoms. The molecule has 0 bridgehead atoms. The molecule has 2 saturated heterocycles. The van der Waals surface area contributed by atoms with Crippen molar-refractivity contribution in [2.75, 3.05) is 36.5 Å². The summed E-state index contributed by atoms with van der Waals surface area (Å²) in [6.45, 7) is 4.77. The fraction of sp³-hybridized carbons (Fsp3) is 0.286. The molecule has 2 aliphatic heterocycles. The molecule has 3 N–H and O–H groups in total. The lowest BCUT2D eigenvalue weighted by Gasteiger charge is -2.35. The zero-order valence-electron chi connectivity index (χ0n) is 29.9. The number of amides is 2. The van der Waals surface area contributed by atoms with Crippen molar-refractivity contribution in [3.63, 3.8) is 0 Å². The summed E-state index contributed by atoms with van der Waals surface area (Å²) in [6.07, 6.45) is 6.67. The lowest BCUT2D eigenvalue weighted by Crippen LogP contribution is -2.47. The molecule has 0 aliphatic carbocycles. The van der Waals surface area contributed by atoms with Crippen molar-refractivity contribution in [3.05, 3.63) is 119 Å². The average molecular weight is 763 g/mol. The molecule has 54 heavy (non-hydrogen) atoms. The first kappa shape index (κ1) is 35.8. The van der Waals surface area contributed by atoms with E-state index in [-0.39, 0.29) is 29.8 Å². The maximum atomic E-state index is 14.7. The third kappa shape index (κ3) is 7.33. The highest BCUT2D eigenvalue weighted by Crippen LogP contribution is 2.42. The minimum absolute atomic E-state index is 0.0167. The molecule has 6 aromatic rings. The van der Waals surface area contributed by atoms with Crippen molar-refractivity contribution in [3.8, 4) is 22.5 Å². The van der Waals surface area contributed by atoms with Crippen LogP contribution in [0, 0.1) is 5.92 Å². The Morgan fingerprint density at radius 1 is 0.889 bits per heavy atom. The van der Waals surface area contributed by atoms with Gasteiger partial charge in [0.15, 0.2) is 5.82 Å². The number of ether oxygens (including phenoxy) is 1. The third-order valence-corrected chi connectivity index (χ3v) is 11.1. The van der Waals surface area contributed by atoms with Crippen LogP contribution in [-0.4, -0.2) is 63.7 Å². The molecule has 8 rings (SSSR count). The number of hydrogen-bond acceptors (Lipinski definition) is 6. The van der Waals surface area contributed by atoms with Crippen LogP contribution < -0.4 is 15.5 Å². The largest absolute Gasteiger partial charge is 0.381 e. The Hall–Kier alpha value is -5.16. The first-order valence-corrected chi connectivity index (χ1v) is 19.2. The zero-order chi connectivity index (χ0) is 37.2. The molecule has 3 aromatic heterocycles. The van der Waals surface area contributed by atoms with E-state index >= 15 is 0 Å². The maximum absolute atomic E-state index is 14.7. The van der Waals surface area contributed by atoms with Crippen molar-refractivity contribution in [2.45, 2.75) is 44.7 Å². The fourth-order valence-corrected chi connectivity index (χ4v) is 7.94. The van der Waals surface area contributed by atoms with Gasteiger partial charge in [0.25, 0.3) is 5.91 Å². The van der Waals surface area contributed by atoms with Crippen molar-refractivity contribution in [2.24, 2.45) is 5.92 Å². The second-order valence-electron chi connectivity index (χ2n) is 14.0. The van der Waals surface area contributed by atoms with Crippen LogP contribution in [0.15, 0.2) is 97.5 Å². The van der Waals surface area contributed by atoms with Gasteiger partial charge in [0.1, 0.15) is 5.69 Å². The van der Waals surface area contributed by atoms with E-state index in [9.17, 15) is 9.59 Å². The number of pyridine rings is 1. The molecule has 2 amide bonds. The number of nitrogens with zero attached hydrogens (tertiary/aromatic N) is 4. The lowest BCUT2D eigenvalue weighted by molar-refractivity contribution is -0.128. The molecule has 5 heterocycles. The van der Waals surface area contributed by atoms with Crippen LogP contribution in [0.2, 0.25) is 10.0 Å². The third-order valence-electron chi connectivity index (χ3n) is 10.6. The number of carbonyl (C=O) groups is 2. The minimum atomic E-state index is -0.323. The number of imidazole rings is 1. The van der Waals surface area contributed by atoms with Crippen LogP contribution in [0.3, 0.4) is 0 Å². The van der Waals surface area contributed by atoms with E-state index in [1.165, 1.54) is 0 Å². The molecular formula is C42H41Cl2N7O3. The summed E-state index contributed by atoms with van der Waals surface area (Å²) in [6, 6.07) is 27.0. The molecule has 3 aromatic carbocycles. The number of aromatic nitrogens is 4. The highest BCUT2D eigenvalue weighted by molar-refractivity contribution is 6.31. The van der Waals surface area contributed by atoms with Gasteiger partial charge in [-0.15, -0.1) is 0 Å². The van der Waals surface area contributed by atoms with Crippen LogP contribution in [0.1, 0.15) is 54.7 Å². The molecule has 0 radical (unpaired) electrons. The monoisotopic (exact) mass is 761 g/mol. The number of rotatable bonds is 9. The Morgan fingerprint density at radius 3 is 2.39 bits per heavy atom. The summed E-state index contributed by atoms with van der Waals surface area (Å²) < 4.78 is 7.55. The Kier molecular flexibility index (Phi) is 10.4. The SMILES string of the molecule is CC(c1ccc(Cl)cc1)n1cnc(-c2ccccc2)c1-c1c(C(=O)Nc2cccnc2N2CCC(NC(=O)C3CCOCC3)CC2)[nH]c2cc(Cl)ccc12. The van der Waals surface area contributed by atoms with E-state index in [0.29, 0.717) is 59.1 Å². The first-order chi connectivity index (χ1) is 26.3. The van der Waals surface area contributed by atoms with Crippen molar-refractivity contribution in [1.82, 2.24) is 24.8 Å². The van der Waals surface area contributed by atoms with Gasteiger partial charge in [-0.3, -0.25) is 9.59 Å². The van der Waals surface area contributed by atoms with E-state index in [4.69, 9.17) is 37.9 Å². The number of hydrogen-bond donors (Lipinski definition) is 3. The Balaban J connectivity index is 1.13. The van der Waals surface area contributed by atoms with Crippen molar-refractivity contribution in [1.29, 1.82) is 0 Å². The number of carbonyl (C=O) groups excluding carboxylic acids is 2. The predicted octanol–water partition coefficient (Wildman–Crippen LogP) is 8.77. The fourth-order valence-electron chi connectivity index (χ4n) is 7.64. The highest BCUT2D eigenvalue weighted by atomic mass is 35.5. The summed E-state index contributed by atoms with van der Waals surface area (Å²) in [5.41, 5.74) is 5.91. The number of anilines is 2.